The average molecular weight is 357 g/mol. The van der Waals surface area contributed by atoms with Gasteiger partial charge in [-0.25, -0.2) is 9.69 Å². The fourth-order valence-electron chi connectivity index (χ4n) is 2.50. The van der Waals surface area contributed by atoms with Crippen LogP contribution in [0.5, 0.6) is 0 Å². The Morgan fingerprint density at radius 3 is 2.04 bits per heavy atom. The van der Waals surface area contributed by atoms with Crippen LogP contribution in [-0.2, 0) is 22.3 Å². The molecule has 6 nitrogen and oxygen atoms in total. The molecule has 1 aliphatic rings. The third-order valence-corrected chi connectivity index (χ3v) is 3.72. The quantitative estimate of drug-likeness (QED) is 0.599. The number of imide groups is 2. The Labute approximate surface area is 142 Å². The number of benzene rings is 1. The topological polar surface area (TPSA) is 60.9 Å². The Kier molecular flexibility index (Phi) is 5.17. The van der Waals surface area contributed by atoms with Gasteiger partial charge in [0.05, 0.1) is 12.2 Å². The summed E-state index contributed by atoms with van der Waals surface area (Å²) in [5.74, 6) is -1.78. The lowest BCUT2D eigenvalue weighted by Gasteiger charge is -2.23. The summed E-state index contributed by atoms with van der Waals surface area (Å²) in [5.41, 5.74) is -0.163. The van der Waals surface area contributed by atoms with E-state index in [9.17, 15) is 27.6 Å². The van der Waals surface area contributed by atoms with Crippen molar-refractivity contribution >= 4 is 17.8 Å². The van der Waals surface area contributed by atoms with Crippen molar-refractivity contribution in [2.75, 3.05) is 13.7 Å². The molecule has 0 N–H and O–H groups in total. The number of urea groups is 1. The summed E-state index contributed by atoms with van der Waals surface area (Å²) in [5, 5.41) is 0. The van der Waals surface area contributed by atoms with E-state index in [2.05, 4.69) is 0 Å². The molecule has 9 heteroatoms. The Balaban J connectivity index is 2.03. The molecule has 0 bridgehead atoms. The third-order valence-electron chi connectivity index (χ3n) is 3.72. The molecule has 136 valence electrons. The molecule has 0 atom stereocenters. The van der Waals surface area contributed by atoms with Gasteiger partial charge in [0, 0.05) is 12.6 Å². The van der Waals surface area contributed by atoms with Gasteiger partial charge in [0.15, 0.2) is 0 Å². The van der Waals surface area contributed by atoms with Gasteiger partial charge in [-0.05, 0) is 38.6 Å². The second-order valence-corrected chi connectivity index (χ2v) is 6.13. The van der Waals surface area contributed by atoms with Gasteiger partial charge in [0.2, 0.25) is 0 Å². The number of alkyl halides is 3. The molecule has 1 heterocycles. The van der Waals surface area contributed by atoms with Gasteiger partial charge < -0.3 is 0 Å². The highest BCUT2D eigenvalue weighted by Crippen LogP contribution is 2.29. The maximum Gasteiger partial charge on any atom is 0.416 e. The first-order chi connectivity index (χ1) is 11.5. The minimum Gasteiger partial charge on any atom is -0.284 e. The molecule has 0 unspecified atom stereocenters. The van der Waals surface area contributed by atoms with E-state index >= 15 is 0 Å². The minimum atomic E-state index is -4.40. The molecule has 25 heavy (non-hydrogen) atoms. The van der Waals surface area contributed by atoms with Gasteiger partial charge in [-0.1, -0.05) is 12.1 Å². The van der Waals surface area contributed by atoms with E-state index in [-0.39, 0.29) is 13.2 Å². The van der Waals surface area contributed by atoms with Crippen molar-refractivity contribution in [1.29, 1.82) is 0 Å². The van der Waals surface area contributed by atoms with Crippen molar-refractivity contribution < 1.29 is 27.6 Å². The van der Waals surface area contributed by atoms with Crippen molar-refractivity contribution in [3.63, 3.8) is 0 Å². The molecule has 1 aliphatic heterocycles. The number of hydrogen-bond acceptors (Lipinski definition) is 4. The zero-order valence-electron chi connectivity index (χ0n) is 14.0. The minimum absolute atomic E-state index is 0.131. The Morgan fingerprint density at radius 2 is 1.60 bits per heavy atom. The van der Waals surface area contributed by atoms with Gasteiger partial charge in [-0.3, -0.25) is 19.4 Å². The van der Waals surface area contributed by atoms with Crippen molar-refractivity contribution in [3.05, 3.63) is 35.4 Å². The Hall–Kier alpha value is -2.42. The number of halogens is 3. The van der Waals surface area contributed by atoms with Gasteiger partial charge in [0.1, 0.15) is 0 Å². The SMILES string of the molecule is CC(C)N1C(=O)C(=O)N(CN(C)Cc2ccc(C(F)(F)F)cc2)C1=O. The summed E-state index contributed by atoms with van der Waals surface area (Å²) >= 11 is 0. The first kappa shape index (κ1) is 18.9. The molecule has 4 amide bonds. The molecule has 1 aromatic carbocycles. The van der Waals surface area contributed by atoms with Crippen LogP contribution in [0.15, 0.2) is 24.3 Å². The van der Waals surface area contributed by atoms with Gasteiger partial charge in [0.25, 0.3) is 0 Å². The summed E-state index contributed by atoms with van der Waals surface area (Å²) < 4.78 is 37.6. The summed E-state index contributed by atoms with van der Waals surface area (Å²) in [6, 6.07) is 3.48. The summed E-state index contributed by atoms with van der Waals surface area (Å²) in [7, 11) is 1.60. The van der Waals surface area contributed by atoms with Crippen LogP contribution in [0.4, 0.5) is 18.0 Å². The smallest absolute Gasteiger partial charge is 0.284 e. The average Bonchev–Trinajstić information content (AvgIpc) is 2.70. The van der Waals surface area contributed by atoms with E-state index in [1.165, 1.54) is 12.1 Å². The zero-order valence-corrected chi connectivity index (χ0v) is 14.0. The lowest BCUT2D eigenvalue weighted by molar-refractivity contribution is -0.144. The highest BCUT2D eigenvalue weighted by Gasteiger charge is 2.45. The van der Waals surface area contributed by atoms with Crippen molar-refractivity contribution in [2.24, 2.45) is 0 Å². The molecule has 0 saturated carbocycles. The van der Waals surface area contributed by atoms with E-state index in [4.69, 9.17) is 0 Å². The molecule has 0 radical (unpaired) electrons. The lowest BCUT2D eigenvalue weighted by Crippen LogP contribution is -2.41. The van der Waals surface area contributed by atoms with Crippen LogP contribution in [-0.4, -0.2) is 52.3 Å². The summed E-state index contributed by atoms with van der Waals surface area (Å²) in [4.78, 5) is 39.2. The van der Waals surface area contributed by atoms with Crippen LogP contribution in [0.25, 0.3) is 0 Å². The van der Waals surface area contributed by atoms with E-state index in [0.717, 1.165) is 21.9 Å². The fraction of sp³-hybridized carbons (Fsp3) is 0.438. The number of carbonyl (C=O) groups is 3. The predicted octanol–water partition coefficient (Wildman–Crippen LogP) is 2.29. The van der Waals surface area contributed by atoms with Crippen LogP contribution in [0.2, 0.25) is 0 Å². The maximum absolute atomic E-state index is 12.5. The van der Waals surface area contributed by atoms with E-state index in [1.54, 1.807) is 25.8 Å². The number of amides is 4. The van der Waals surface area contributed by atoms with Crippen LogP contribution < -0.4 is 0 Å². The lowest BCUT2D eigenvalue weighted by atomic mass is 10.1. The number of hydrogen-bond donors (Lipinski definition) is 0. The first-order valence-electron chi connectivity index (χ1n) is 7.56. The molecule has 1 fully saturated rings. The monoisotopic (exact) mass is 357 g/mol. The number of rotatable bonds is 5. The summed E-state index contributed by atoms with van der Waals surface area (Å²) in [6.07, 6.45) is -4.40. The molecule has 1 aromatic rings. The zero-order chi connectivity index (χ0) is 18.9. The largest absolute Gasteiger partial charge is 0.416 e. The highest BCUT2D eigenvalue weighted by molar-refractivity contribution is 6.44. The number of carbonyl (C=O) groups excluding carboxylic acids is 3. The molecule has 0 aromatic heterocycles. The van der Waals surface area contributed by atoms with Crippen molar-refractivity contribution in [2.45, 2.75) is 32.6 Å². The molecule has 0 spiro atoms. The third kappa shape index (κ3) is 3.98. The second kappa shape index (κ2) is 6.83. The fourth-order valence-corrected chi connectivity index (χ4v) is 2.50. The molecular formula is C16H18F3N3O3. The molecule has 1 saturated heterocycles. The van der Waals surface area contributed by atoms with Crippen LogP contribution in [0, 0.1) is 0 Å². The standard InChI is InChI=1S/C16H18F3N3O3/c1-10(2)22-14(24)13(23)21(15(22)25)9-20(3)8-11-4-6-12(7-5-11)16(17,18)19/h4-7,10H,8-9H2,1-3H3. The van der Waals surface area contributed by atoms with E-state index in [1.807, 2.05) is 0 Å². The summed E-state index contributed by atoms with van der Waals surface area (Å²) in [6.45, 7) is 3.33. The van der Waals surface area contributed by atoms with Gasteiger partial charge in [-0.2, -0.15) is 13.2 Å². The Morgan fingerprint density at radius 1 is 1.04 bits per heavy atom. The predicted molar refractivity (Wildman–Crippen MR) is 82.0 cm³/mol. The van der Waals surface area contributed by atoms with E-state index in [0.29, 0.717) is 5.56 Å². The van der Waals surface area contributed by atoms with E-state index < -0.39 is 35.6 Å². The van der Waals surface area contributed by atoms with Crippen LogP contribution >= 0.6 is 0 Å². The normalized spacial score (nSPS) is 15.9. The van der Waals surface area contributed by atoms with Crippen LogP contribution in [0.3, 0.4) is 0 Å². The number of nitrogens with zero attached hydrogens (tertiary/aromatic N) is 3. The van der Waals surface area contributed by atoms with Gasteiger partial charge in [-0.15, -0.1) is 0 Å². The Bertz CT molecular complexity index is 686. The van der Waals surface area contributed by atoms with Crippen molar-refractivity contribution in [1.82, 2.24) is 14.7 Å². The first-order valence-corrected chi connectivity index (χ1v) is 7.56. The second-order valence-electron chi connectivity index (χ2n) is 6.13. The molecule has 2 rings (SSSR count). The van der Waals surface area contributed by atoms with Gasteiger partial charge >= 0.3 is 24.0 Å². The molecular weight excluding hydrogens is 339 g/mol. The highest BCUT2D eigenvalue weighted by atomic mass is 19.4. The van der Waals surface area contributed by atoms with Crippen LogP contribution in [0.1, 0.15) is 25.0 Å². The van der Waals surface area contributed by atoms with Crippen molar-refractivity contribution in [3.8, 4) is 0 Å². The molecule has 0 aliphatic carbocycles. The maximum atomic E-state index is 12.5.